The Hall–Kier alpha value is -2.47. The Kier molecular flexibility index (Phi) is 4.60. The zero-order valence-electron chi connectivity index (χ0n) is 14.2. The van der Waals surface area contributed by atoms with Gasteiger partial charge in [-0.3, -0.25) is 4.79 Å². The van der Waals surface area contributed by atoms with E-state index in [9.17, 15) is 18.0 Å². The zero-order valence-corrected chi connectivity index (χ0v) is 15.0. The molecule has 4 rings (SSSR count). The summed E-state index contributed by atoms with van der Waals surface area (Å²) in [7, 11) is 0. The number of para-hydroxylation sites is 1. The Labute approximate surface area is 158 Å². The molecule has 0 bridgehead atoms. The molecule has 1 aliphatic carbocycles. The summed E-state index contributed by atoms with van der Waals surface area (Å²) in [5.41, 5.74) is 2.66. The van der Waals surface area contributed by atoms with E-state index < -0.39 is 23.4 Å². The highest BCUT2D eigenvalue weighted by Gasteiger charge is 2.26. The Bertz CT molecular complexity index is 1050. The van der Waals surface area contributed by atoms with Crippen molar-refractivity contribution in [1.82, 2.24) is 10.3 Å². The lowest BCUT2D eigenvalue weighted by Gasteiger charge is -2.24. The smallest absolute Gasteiger partial charge is 0.225 e. The van der Waals surface area contributed by atoms with Crippen LogP contribution in [-0.2, 0) is 17.6 Å². The van der Waals surface area contributed by atoms with Crippen LogP contribution in [0.4, 0.5) is 13.2 Å². The topological polar surface area (TPSA) is 44.9 Å². The van der Waals surface area contributed by atoms with Crippen molar-refractivity contribution >= 4 is 28.4 Å². The minimum Gasteiger partial charge on any atom is -0.355 e. The number of nitrogens with one attached hydrogen (secondary N) is 2. The molecule has 1 unspecified atom stereocenters. The first-order valence-electron chi connectivity index (χ1n) is 8.66. The molecule has 2 aromatic carbocycles. The van der Waals surface area contributed by atoms with Crippen molar-refractivity contribution in [2.24, 2.45) is 0 Å². The Balaban J connectivity index is 1.58. The number of carbonyl (C=O) groups is 1. The molecule has 1 aliphatic rings. The third-order valence-corrected chi connectivity index (χ3v) is 5.28. The van der Waals surface area contributed by atoms with Crippen LogP contribution in [0.2, 0.25) is 5.02 Å². The Morgan fingerprint density at radius 3 is 2.78 bits per heavy atom. The van der Waals surface area contributed by atoms with Crippen LogP contribution in [0.3, 0.4) is 0 Å². The van der Waals surface area contributed by atoms with E-state index in [2.05, 4.69) is 10.3 Å². The van der Waals surface area contributed by atoms with Crippen molar-refractivity contribution < 1.29 is 18.0 Å². The molecule has 140 valence electrons. The highest BCUT2D eigenvalue weighted by Crippen LogP contribution is 2.37. The van der Waals surface area contributed by atoms with Crippen molar-refractivity contribution in [2.75, 3.05) is 0 Å². The standard InChI is InChI=1S/C20H16ClF3N2O/c21-13-5-1-3-11-12-4-2-6-17(20(12)26-19(11)13)25-18(27)8-10-7-15(23)16(24)9-14(10)22/h1,3,5,7,9,17,26H,2,4,6,8H2,(H,25,27). The van der Waals surface area contributed by atoms with Gasteiger partial charge in [-0.2, -0.15) is 0 Å². The summed E-state index contributed by atoms with van der Waals surface area (Å²) in [4.78, 5) is 15.7. The monoisotopic (exact) mass is 392 g/mol. The lowest BCUT2D eigenvalue weighted by atomic mass is 9.91. The summed E-state index contributed by atoms with van der Waals surface area (Å²) in [5.74, 6) is -3.85. The number of amides is 1. The third-order valence-electron chi connectivity index (χ3n) is 4.97. The van der Waals surface area contributed by atoms with Gasteiger partial charge in [0.05, 0.1) is 23.0 Å². The van der Waals surface area contributed by atoms with Crippen molar-refractivity contribution in [3.8, 4) is 0 Å². The molecule has 0 radical (unpaired) electrons. The van der Waals surface area contributed by atoms with Crippen molar-refractivity contribution in [3.63, 3.8) is 0 Å². The van der Waals surface area contributed by atoms with Crippen LogP contribution in [-0.4, -0.2) is 10.9 Å². The number of aromatic amines is 1. The summed E-state index contributed by atoms with van der Waals surface area (Å²) in [6.07, 6.45) is 2.12. The number of hydrogen-bond donors (Lipinski definition) is 2. The van der Waals surface area contributed by atoms with Gasteiger partial charge >= 0.3 is 0 Å². The number of benzene rings is 2. The van der Waals surface area contributed by atoms with Crippen molar-refractivity contribution in [1.29, 1.82) is 0 Å². The largest absolute Gasteiger partial charge is 0.355 e. The number of H-pyrrole nitrogens is 1. The number of hydrogen-bond acceptors (Lipinski definition) is 1. The van der Waals surface area contributed by atoms with Gasteiger partial charge in [-0.15, -0.1) is 0 Å². The van der Waals surface area contributed by atoms with Crippen LogP contribution in [0.1, 0.15) is 35.7 Å². The van der Waals surface area contributed by atoms with Crippen LogP contribution in [0, 0.1) is 17.5 Å². The Morgan fingerprint density at radius 1 is 1.19 bits per heavy atom. The molecular weight excluding hydrogens is 377 g/mol. The molecule has 1 atom stereocenters. The second kappa shape index (κ2) is 6.93. The quantitative estimate of drug-likeness (QED) is 0.607. The SMILES string of the molecule is O=C(Cc1cc(F)c(F)cc1F)NC1CCCc2c1[nH]c1c(Cl)cccc21. The lowest BCUT2D eigenvalue weighted by molar-refractivity contribution is -0.121. The van der Waals surface area contributed by atoms with Crippen molar-refractivity contribution in [2.45, 2.75) is 31.7 Å². The number of rotatable bonds is 3. The number of halogens is 4. The van der Waals surface area contributed by atoms with Gasteiger partial charge in [-0.25, -0.2) is 13.2 Å². The Morgan fingerprint density at radius 2 is 1.96 bits per heavy atom. The number of fused-ring (bicyclic) bond motifs is 3. The van der Waals surface area contributed by atoms with E-state index in [1.165, 1.54) is 0 Å². The molecule has 3 aromatic rings. The summed E-state index contributed by atoms with van der Waals surface area (Å²) in [6, 6.07) is 6.57. The fourth-order valence-corrected chi connectivity index (χ4v) is 3.94. The molecule has 7 heteroatoms. The molecule has 0 saturated carbocycles. The van der Waals surface area contributed by atoms with Crippen LogP contribution >= 0.6 is 11.6 Å². The average molecular weight is 393 g/mol. The molecule has 27 heavy (non-hydrogen) atoms. The fourth-order valence-electron chi connectivity index (χ4n) is 3.71. The van der Waals surface area contributed by atoms with Gasteiger partial charge in [-0.1, -0.05) is 23.7 Å². The number of aryl methyl sites for hydroxylation is 1. The summed E-state index contributed by atoms with van der Waals surface area (Å²) < 4.78 is 40.2. The second-order valence-corrected chi connectivity index (χ2v) is 7.13. The molecule has 1 amide bonds. The van der Waals surface area contributed by atoms with Gasteiger partial charge in [0.2, 0.25) is 5.91 Å². The summed E-state index contributed by atoms with van der Waals surface area (Å²) in [6.45, 7) is 0. The van der Waals surface area contributed by atoms with Gasteiger partial charge in [0.15, 0.2) is 11.6 Å². The molecule has 0 aliphatic heterocycles. The van der Waals surface area contributed by atoms with Crippen LogP contribution < -0.4 is 5.32 Å². The molecule has 0 spiro atoms. The van der Waals surface area contributed by atoms with Gasteiger partial charge in [0.1, 0.15) is 5.82 Å². The first-order valence-corrected chi connectivity index (χ1v) is 9.03. The molecule has 2 N–H and O–H groups in total. The van der Waals surface area contributed by atoms with E-state index in [4.69, 9.17) is 11.6 Å². The van der Waals surface area contributed by atoms with Gasteiger partial charge in [-0.05, 0) is 37.0 Å². The minimum absolute atomic E-state index is 0.179. The highest BCUT2D eigenvalue weighted by molar-refractivity contribution is 6.35. The minimum atomic E-state index is -1.27. The van der Waals surface area contributed by atoms with E-state index >= 15 is 0 Å². The van der Waals surface area contributed by atoms with E-state index in [-0.39, 0.29) is 18.0 Å². The predicted molar refractivity (Wildman–Crippen MR) is 97.2 cm³/mol. The van der Waals surface area contributed by atoms with Crippen LogP contribution in [0.25, 0.3) is 10.9 Å². The molecule has 0 fully saturated rings. The summed E-state index contributed by atoms with van der Waals surface area (Å²) >= 11 is 6.26. The third kappa shape index (κ3) is 3.30. The lowest BCUT2D eigenvalue weighted by Crippen LogP contribution is -2.32. The van der Waals surface area contributed by atoms with Gasteiger partial charge < -0.3 is 10.3 Å². The van der Waals surface area contributed by atoms with E-state index in [1.807, 2.05) is 12.1 Å². The van der Waals surface area contributed by atoms with E-state index in [0.29, 0.717) is 11.1 Å². The van der Waals surface area contributed by atoms with Gasteiger partial charge in [0.25, 0.3) is 0 Å². The molecule has 1 aromatic heterocycles. The highest BCUT2D eigenvalue weighted by atomic mass is 35.5. The zero-order chi connectivity index (χ0) is 19.1. The van der Waals surface area contributed by atoms with Crippen LogP contribution in [0.5, 0.6) is 0 Å². The first-order chi connectivity index (χ1) is 12.9. The predicted octanol–water partition coefficient (Wildman–Crippen LogP) is 4.97. The van der Waals surface area contributed by atoms with Crippen molar-refractivity contribution in [3.05, 3.63) is 69.6 Å². The van der Waals surface area contributed by atoms with Crippen LogP contribution in [0.15, 0.2) is 30.3 Å². The van der Waals surface area contributed by atoms with E-state index in [1.54, 1.807) is 6.07 Å². The maximum absolute atomic E-state index is 13.8. The number of carbonyl (C=O) groups excluding carboxylic acids is 1. The molecular formula is C20H16ClF3N2O. The first kappa shape index (κ1) is 17.9. The number of aromatic nitrogens is 1. The van der Waals surface area contributed by atoms with Gasteiger partial charge in [0, 0.05) is 22.7 Å². The molecule has 1 heterocycles. The maximum Gasteiger partial charge on any atom is 0.225 e. The molecule has 0 saturated heterocycles. The maximum atomic E-state index is 13.8. The second-order valence-electron chi connectivity index (χ2n) is 6.73. The normalized spacial score (nSPS) is 16.4. The average Bonchev–Trinajstić information content (AvgIpc) is 3.01. The van der Waals surface area contributed by atoms with E-state index in [0.717, 1.165) is 47.5 Å². The molecule has 3 nitrogen and oxygen atoms in total. The fraction of sp³-hybridized carbons (Fsp3) is 0.250. The summed E-state index contributed by atoms with van der Waals surface area (Å²) in [5, 5.41) is 4.51.